The van der Waals surface area contributed by atoms with Crippen molar-refractivity contribution < 1.29 is 28.6 Å². The third-order valence-corrected chi connectivity index (χ3v) is 6.17. The van der Waals surface area contributed by atoms with Gasteiger partial charge in [0.15, 0.2) is 0 Å². The summed E-state index contributed by atoms with van der Waals surface area (Å²) < 4.78 is 25.6. The van der Waals surface area contributed by atoms with E-state index < -0.39 is 5.97 Å². The molecule has 35 heavy (non-hydrogen) atoms. The Kier molecular flexibility index (Phi) is 7.19. The van der Waals surface area contributed by atoms with Gasteiger partial charge in [-0.3, -0.25) is 4.79 Å². The second-order valence-corrected chi connectivity index (χ2v) is 8.30. The Labute approximate surface area is 203 Å². The van der Waals surface area contributed by atoms with Crippen molar-refractivity contribution in [3.05, 3.63) is 82.7 Å². The van der Waals surface area contributed by atoms with Crippen LogP contribution in [-0.4, -0.2) is 42.8 Å². The number of fused-ring (bicyclic) bond motifs is 1. The molecule has 0 aromatic heterocycles. The van der Waals surface area contributed by atoms with E-state index in [1.165, 1.54) is 13.2 Å². The number of carboxylic acids is 1. The molecule has 0 unspecified atom stereocenters. The number of hydrogen-bond acceptors (Lipinski definition) is 4. The van der Waals surface area contributed by atoms with Crippen LogP contribution in [0.3, 0.4) is 0 Å². The third kappa shape index (κ3) is 5.21. The van der Waals surface area contributed by atoms with Crippen molar-refractivity contribution in [2.24, 2.45) is 0 Å². The first-order valence-corrected chi connectivity index (χ1v) is 11.2. The van der Waals surface area contributed by atoms with Crippen LogP contribution >= 0.6 is 0 Å². The van der Waals surface area contributed by atoms with Crippen LogP contribution in [0.2, 0.25) is 0 Å². The average Bonchev–Trinajstić information content (AvgIpc) is 2.87. The Morgan fingerprint density at radius 2 is 1.77 bits per heavy atom. The van der Waals surface area contributed by atoms with Gasteiger partial charge in [-0.25, -0.2) is 9.18 Å². The van der Waals surface area contributed by atoms with E-state index in [4.69, 9.17) is 9.47 Å². The van der Waals surface area contributed by atoms with Crippen molar-refractivity contribution in [2.75, 3.05) is 20.8 Å². The molecule has 0 saturated carbocycles. The van der Waals surface area contributed by atoms with Crippen LogP contribution < -0.4 is 14.8 Å². The van der Waals surface area contributed by atoms with Gasteiger partial charge in [0, 0.05) is 30.8 Å². The number of ether oxygens (including phenoxy) is 2. The maximum absolute atomic E-state index is 14.7. The lowest BCUT2D eigenvalue weighted by Crippen LogP contribution is -2.42. The SMILES string of the molecule is COc1ccccc1CNC(=O)N1CCc2c(F)ccc(-c3cc(CC(=O)O)ccc3OC)c2C1. The van der Waals surface area contributed by atoms with Crippen LogP contribution in [0, 0.1) is 5.82 Å². The van der Waals surface area contributed by atoms with E-state index in [0.29, 0.717) is 58.8 Å². The summed E-state index contributed by atoms with van der Waals surface area (Å²) in [5.74, 6) is -0.0289. The van der Waals surface area contributed by atoms with Gasteiger partial charge in [0.1, 0.15) is 17.3 Å². The first-order valence-electron chi connectivity index (χ1n) is 11.2. The number of benzene rings is 3. The molecule has 1 heterocycles. The fourth-order valence-corrected chi connectivity index (χ4v) is 4.44. The molecule has 182 valence electrons. The van der Waals surface area contributed by atoms with Crippen LogP contribution in [0.15, 0.2) is 54.6 Å². The van der Waals surface area contributed by atoms with Crippen molar-refractivity contribution in [3.8, 4) is 22.6 Å². The Bertz CT molecular complexity index is 1260. The summed E-state index contributed by atoms with van der Waals surface area (Å²) in [7, 11) is 3.11. The summed E-state index contributed by atoms with van der Waals surface area (Å²) in [4.78, 5) is 25.9. The molecule has 8 heteroatoms. The van der Waals surface area contributed by atoms with E-state index in [-0.39, 0.29) is 24.8 Å². The Balaban J connectivity index is 1.62. The maximum atomic E-state index is 14.7. The summed E-state index contributed by atoms with van der Waals surface area (Å²) in [6.45, 7) is 0.890. The number of aliphatic carboxylic acids is 1. The second kappa shape index (κ2) is 10.5. The van der Waals surface area contributed by atoms with E-state index >= 15 is 0 Å². The minimum atomic E-state index is -0.944. The Hall–Kier alpha value is -4.07. The number of carbonyl (C=O) groups excluding carboxylic acids is 1. The molecule has 2 N–H and O–H groups in total. The molecule has 2 amide bonds. The number of methoxy groups -OCH3 is 2. The fraction of sp³-hybridized carbons (Fsp3) is 0.259. The van der Waals surface area contributed by atoms with Crippen molar-refractivity contribution >= 4 is 12.0 Å². The quantitative estimate of drug-likeness (QED) is 0.525. The zero-order valence-corrected chi connectivity index (χ0v) is 19.6. The highest BCUT2D eigenvalue weighted by Crippen LogP contribution is 2.37. The standard InChI is InChI=1S/C27H27FN2O5/c1-34-24-6-4-3-5-18(24)15-29-27(33)30-12-11-20-22(16-30)19(8-9-23(20)28)21-13-17(14-26(31)32)7-10-25(21)35-2/h3-10,13H,11-12,14-16H2,1-2H3,(H,29,33)(H,31,32). The molecule has 0 saturated heterocycles. The number of amides is 2. The highest BCUT2D eigenvalue weighted by molar-refractivity contribution is 5.79. The first kappa shape index (κ1) is 24.1. The van der Waals surface area contributed by atoms with E-state index in [2.05, 4.69) is 5.32 Å². The number of halogens is 1. The molecule has 0 aliphatic carbocycles. The highest BCUT2D eigenvalue weighted by Gasteiger charge is 2.26. The fourth-order valence-electron chi connectivity index (χ4n) is 4.44. The van der Waals surface area contributed by atoms with Gasteiger partial charge in [-0.2, -0.15) is 0 Å². The molecule has 0 fully saturated rings. The van der Waals surface area contributed by atoms with Crippen LogP contribution in [0.25, 0.3) is 11.1 Å². The number of carboxylic acid groups (broad SMARTS) is 1. The topological polar surface area (TPSA) is 88.1 Å². The number of urea groups is 1. The number of nitrogens with one attached hydrogen (secondary N) is 1. The Morgan fingerprint density at radius 3 is 2.51 bits per heavy atom. The highest BCUT2D eigenvalue weighted by atomic mass is 19.1. The molecule has 7 nitrogen and oxygen atoms in total. The number of nitrogens with zero attached hydrogens (tertiary/aromatic N) is 1. The van der Waals surface area contributed by atoms with Crippen molar-refractivity contribution in [1.29, 1.82) is 0 Å². The molecular weight excluding hydrogens is 451 g/mol. The molecule has 0 atom stereocenters. The lowest BCUT2D eigenvalue weighted by molar-refractivity contribution is -0.136. The van der Waals surface area contributed by atoms with Gasteiger partial charge in [-0.15, -0.1) is 0 Å². The van der Waals surface area contributed by atoms with Gasteiger partial charge in [-0.05, 0) is 52.9 Å². The van der Waals surface area contributed by atoms with E-state index in [9.17, 15) is 19.1 Å². The van der Waals surface area contributed by atoms with Gasteiger partial charge in [0.05, 0.1) is 20.6 Å². The van der Waals surface area contributed by atoms with Crippen molar-refractivity contribution in [1.82, 2.24) is 10.2 Å². The molecule has 1 aliphatic rings. The molecule has 0 bridgehead atoms. The van der Waals surface area contributed by atoms with Crippen molar-refractivity contribution in [2.45, 2.75) is 25.9 Å². The summed E-state index contributed by atoms with van der Waals surface area (Å²) in [6, 6.07) is 15.4. The molecular formula is C27H27FN2O5. The van der Waals surface area contributed by atoms with Gasteiger partial charge in [-0.1, -0.05) is 30.3 Å². The van der Waals surface area contributed by atoms with Crippen LogP contribution in [-0.2, 0) is 30.7 Å². The van der Waals surface area contributed by atoms with E-state index in [1.807, 2.05) is 24.3 Å². The number of para-hydroxylation sites is 1. The van der Waals surface area contributed by atoms with Crippen LogP contribution in [0.5, 0.6) is 11.5 Å². The molecule has 4 rings (SSSR count). The van der Waals surface area contributed by atoms with Gasteiger partial charge in [0.25, 0.3) is 0 Å². The van der Waals surface area contributed by atoms with E-state index in [0.717, 1.165) is 5.56 Å². The summed E-state index contributed by atoms with van der Waals surface area (Å²) in [5.41, 5.74) is 4.09. The molecule has 0 radical (unpaired) electrons. The number of rotatable bonds is 7. The Morgan fingerprint density at radius 1 is 1.00 bits per heavy atom. The van der Waals surface area contributed by atoms with Crippen LogP contribution in [0.4, 0.5) is 9.18 Å². The summed E-state index contributed by atoms with van der Waals surface area (Å²) >= 11 is 0. The summed E-state index contributed by atoms with van der Waals surface area (Å²) in [5, 5.41) is 12.1. The van der Waals surface area contributed by atoms with Gasteiger partial charge in [0.2, 0.25) is 0 Å². The monoisotopic (exact) mass is 478 g/mol. The average molecular weight is 479 g/mol. The molecule has 1 aliphatic heterocycles. The molecule has 3 aromatic carbocycles. The minimum absolute atomic E-state index is 0.141. The predicted octanol–water partition coefficient (Wildman–Crippen LogP) is 4.40. The van der Waals surface area contributed by atoms with E-state index in [1.54, 1.807) is 36.3 Å². The predicted molar refractivity (Wildman–Crippen MR) is 129 cm³/mol. The van der Waals surface area contributed by atoms with Gasteiger partial charge >= 0.3 is 12.0 Å². The smallest absolute Gasteiger partial charge is 0.317 e. The summed E-state index contributed by atoms with van der Waals surface area (Å²) in [6.07, 6.45) is 0.228. The number of hydrogen-bond donors (Lipinski definition) is 2. The maximum Gasteiger partial charge on any atom is 0.317 e. The zero-order chi connectivity index (χ0) is 24.9. The second-order valence-electron chi connectivity index (χ2n) is 8.30. The lowest BCUT2D eigenvalue weighted by atomic mass is 9.89. The molecule has 0 spiro atoms. The largest absolute Gasteiger partial charge is 0.496 e. The van der Waals surface area contributed by atoms with Gasteiger partial charge < -0.3 is 24.8 Å². The minimum Gasteiger partial charge on any atom is -0.496 e. The zero-order valence-electron chi connectivity index (χ0n) is 19.6. The first-order chi connectivity index (χ1) is 16.9. The lowest BCUT2D eigenvalue weighted by Gasteiger charge is -2.31. The normalized spacial score (nSPS) is 12.6. The van der Waals surface area contributed by atoms with Crippen molar-refractivity contribution in [3.63, 3.8) is 0 Å². The third-order valence-electron chi connectivity index (χ3n) is 6.17. The number of carbonyl (C=O) groups is 2. The van der Waals surface area contributed by atoms with Crippen LogP contribution in [0.1, 0.15) is 22.3 Å². The molecule has 3 aromatic rings.